The summed E-state index contributed by atoms with van der Waals surface area (Å²) in [4.78, 5) is 8.78. The zero-order valence-corrected chi connectivity index (χ0v) is 9.09. The fourth-order valence-corrected chi connectivity index (χ4v) is 1.98. The molecule has 0 spiro atoms. The lowest BCUT2D eigenvalue weighted by molar-refractivity contribution is 0.218. The molecule has 0 atom stereocenters. The standard InChI is InChI=1S/C10H14N2OS/c1-13-6-7-14-9-4-5-11-10(12-9)8-2-3-8/h4-5,8H,2-3,6-7H2,1H3. The van der Waals surface area contributed by atoms with Crippen molar-refractivity contribution >= 4 is 11.8 Å². The van der Waals surface area contributed by atoms with Gasteiger partial charge in [0, 0.05) is 25.0 Å². The van der Waals surface area contributed by atoms with E-state index in [1.165, 1.54) is 12.8 Å². The van der Waals surface area contributed by atoms with Crippen LogP contribution in [0.25, 0.3) is 0 Å². The highest BCUT2D eigenvalue weighted by Crippen LogP contribution is 2.38. The molecule has 1 aromatic heterocycles. The molecule has 2 rings (SSSR count). The maximum absolute atomic E-state index is 4.99. The van der Waals surface area contributed by atoms with Crippen molar-refractivity contribution in [2.45, 2.75) is 23.8 Å². The van der Waals surface area contributed by atoms with Crippen LogP contribution >= 0.6 is 11.8 Å². The lowest BCUT2D eigenvalue weighted by atomic mass is 10.4. The zero-order chi connectivity index (χ0) is 9.80. The first kappa shape index (κ1) is 9.93. The molecule has 14 heavy (non-hydrogen) atoms. The summed E-state index contributed by atoms with van der Waals surface area (Å²) in [5.41, 5.74) is 0. The van der Waals surface area contributed by atoms with E-state index in [2.05, 4.69) is 9.97 Å². The molecule has 1 aromatic rings. The van der Waals surface area contributed by atoms with Crippen LogP contribution in [0.1, 0.15) is 24.6 Å². The fraction of sp³-hybridized carbons (Fsp3) is 0.600. The van der Waals surface area contributed by atoms with Crippen molar-refractivity contribution in [2.24, 2.45) is 0 Å². The summed E-state index contributed by atoms with van der Waals surface area (Å²) in [6.45, 7) is 0.771. The second-order valence-corrected chi connectivity index (χ2v) is 4.48. The molecule has 0 bridgehead atoms. The van der Waals surface area contributed by atoms with Gasteiger partial charge in [0.25, 0.3) is 0 Å². The highest BCUT2D eigenvalue weighted by Gasteiger charge is 2.26. The molecule has 1 heterocycles. The van der Waals surface area contributed by atoms with E-state index in [-0.39, 0.29) is 0 Å². The van der Waals surface area contributed by atoms with E-state index in [9.17, 15) is 0 Å². The second kappa shape index (κ2) is 4.75. The predicted octanol–water partition coefficient (Wildman–Crippen LogP) is 2.09. The average molecular weight is 210 g/mol. The van der Waals surface area contributed by atoms with Gasteiger partial charge in [-0.3, -0.25) is 0 Å². The van der Waals surface area contributed by atoms with Crippen LogP contribution in [-0.2, 0) is 4.74 Å². The molecule has 0 aromatic carbocycles. The van der Waals surface area contributed by atoms with Crippen LogP contribution in [0.5, 0.6) is 0 Å². The number of ether oxygens (including phenoxy) is 1. The average Bonchev–Trinajstić information content (AvgIpc) is 3.02. The van der Waals surface area contributed by atoms with Crippen LogP contribution in [0.3, 0.4) is 0 Å². The van der Waals surface area contributed by atoms with E-state index in [0.29, 0.717) is 5.92 Å². The maximum atomic E-state index is 4.99. The minimum atomic E-state index is 0.637. The second-order valence-electron chi connectivity index (χ2n) is 3.37. The van der Waals surface area contributed by atoms with E-state index < -0.39 is 0 Å². The molecule has 0 amide bonds. The van der Waals surface area contributed by atoms with Gasteiger partial charge in [0.2, 0.25) is 0 Å². The molecule has 0 aliphatic heterocycles. The lowest BCUT2D eigenvalue weighted by Gasteiger charge is -2.01. The van der Waals surface area contributed by atoms with Crippen LogP contribution in [0.2, 0.25) is 0 Å². The van der Waals surface area contributed by atoms with Crippen molar-refractivity contribution in [3.8, 4) is 0 Å². The van der Waals surface area contributed by atoms with Crippen LogP contribution in [0.4, 0.5) is 0 Å². The summed E-state index contributed by atoms with van der Waals surface area (Å²) < 4.78 is 4.99. The molecular formula is C10H14N2OS. The van der Waals surface area contributed by atoms with E-state index in [0.717, 1.165) is 23.2 Å². The number of methoxy groups -OCH3 is 1. The molecule has 1 aliphatic rings. The number of aromatic nitrogens is 2. The first-order valence-corrected chi connectivity index (χ1v) is 5.83. The van der Waals surface area contributed by atoms with Gasteiger partial charge in [-0.1, -0.05) is 0 Å². The number of hydrogen-bond donors (Lipinski definition) is 0. The molecule has 3 nitrogen and oxygen atoms in total. The highest BCUT2D eigenvalue weighted by atomic mass is 32.2. The topological polar surface area (TPSA) is 35.0 Å². The van der Waals surface area contributed by atoms with Crippen molar-refractivity contribution < 1.29 is 4.74 Å². The first-order chi connectivity index (χ1) is 6.90. The Morgan fingerprint density at radius 1 is 1.57 bits per heavy atom. The van der Waals surface area contributed by atoms with Crippen molar-refractivity contribution in [2.75, 3.05) is 19.5 Å². The van der Waals surface area contributed by atoms with Gasteiger partial charge in [-0.15, -0.1) is 11.8 Å². The lowest BCUT2D eigenvalue weighted by Crippen LogP contribution is -1.95. The van der Waals surface area contributed by atoms with Crippen LogP contribution < -0.4 is 0 Å². The minimum absolute atomic E-state index is 0.637. The molecule has 0 radical (unpaired) electrons. The Kier molecular flexibility index (Phi) is 3.37. The molecule has 0 unspecified atom stereocenters. The summed E-state index contributed by atoms with van der Waals surface area (Å²) in [7, 11) is 1.72. The fourth-order valence-electron chi connectivity index (χ4n) is 1.20. The highest BCUT2D eigenvalue weighted by molar-refractivity contribution is 7.99. The third kappa shape index (κ3) is 2.69. The van der Waals surface area contributed by atoms with Crippen LogP contribution in [0.15, 0.2) is 17.3 Å². The SMILES string of the molecule is COCCSc1ccnc(C2CC2)n1. The number of hydrogen-bond acceptors (Lipinski definition) is 4. The van der Waals surface area contributed by atoms with Gasteiger partial charge in [-0.05, 0) is 18.9 Å². The van der Waals surface area contributed by atoms with Gasteiger partial charge in [-0.2, -0.15) is 0 Å². The molecule has 4 heteroatoms. The molecule has 76 valence electrons. The summed E-state index contributed by atoms with van der Waals surface area (Å²) >= 11 is 1.73. The van der Waals surface area contributed by atoms with E-state index in [1.807, 2.05) is 12.3 Å². The van der Waals surface area contributed by atoms with Crippen molar-refractivity contribution in [1.82, 2.24) is 9.97 Å². The van der Waals surface area contributed by atoms with Crippen LogP contribution in [0, 0.1) is 0 Å². The Balaban J connectivity index is 1.92. The Morgan fingerprint density at radius 3 is 3.14 bits per heavy atom. The third-order valence-electron chi connectivity index (χ3n) is 2.13. The maximum Gasteiger partial charge on any atom is 0.132 e. The summed E-state index contributed by atoms with van der Waals surface area (Å²) in [6.07, 6.45) is 4.37. The van der Waals surface area contributed by atoms with E-state index in [1.54, 1.807) is 18.9 Å². The summed E-state index contributed by atoms with van der Waals surface area (Å²) in [6, 6.07) is 1.96. The Bertz CT molecular complexity index is 302. The quantitative estimate of drug-likeness (QED) is 0.423. The number of nitrogens with zero attached hydrogens (tertiary/aromatic N) is 2. The zero-order valence-electron chi connectivity index (χ0n) is 8.27. The number of rotatable bonds is 5. The Hall–Kier alpha value is -0.610. The van der Waals surface area contributed by atoms with Gasteiger partial charge < -0.3 is 4.74 Å². The van der Waals surface area contributed by atoms with Crippen molar-refractivity contribution in [3.05, 3.63) is 18.1 Å². The van der Waals surface area contributed by atoms with Gasteiger partial charge in [0.05, 0.1) is 11.6 Å². The molecule has 1 aliphatic carbocycles. The monoisotopic (exact) mass is 210 g/mol. The van der Waals surface area contributed by atoms with Gasteiger partial charge in [0.15, 0.2) is 0 Å². The largest absolute Gasteiger partial charge is 0.384 e. The summed E-state index contributed by atoms with van der Waals surface area (Å²) in [5.74, 6) is 2.61. The minimum Gasteiger partial charge on any atom is -0.384 e. The normalized spacial score (nSPS) is 15.8. The van der Waals surface area contributed by atoms with Crippen molar-refractivity contribution in [3.63, 3.8) is 0 Å². The molecule has 0 N–H and O–H groups in total. The van der Waals surface area contributed by atoms with Gasteiger partial charge in [0.1, 0.15) is 5.82 Å². The van der Waals surface area contributed by atoms with E-state index >= 15 is 0 Å². The Labute approximate surface area is 88.3 Å². The molecular weight excluding hydrogens is 196 g/mol. The smallest absolute Gasteiger partial charge is 0.132 e. The van der Waals surface area contributed by atoms with E-state index in [4.69, 9.17) is 4.74 Å². The van der Waals surface area contributed by atoms with Gasteiger partial charge >= 0.3 is 0 Å². The Morgan fingerprint density at radius 2 is 2.43 bits per heavy atom. The summed E-state index contributed by atoms with van der Waals surface area (Å²) in [5, 5.41) is 1.07. The van der Waals surface area contributed by atoms with Gasteiger partial charge in [-0.25, -0.2) is 9.97 Å². The molecule has 0 saturated heterocycles. The van der Waals surface area contributed by atoms with Crippen molar-refractivity contribution in [1.29, 1.82) is 0 Å². The molecule has 1 fully saturated rings. The predicted molar refractivity (Wildman–Crippen MR) is 56.6 cm³/mol. The molecule has 1 saturated carbocycles. The van der Waals surface area contributed by atoms with Crippen LogP contribution in [-0.4, -0.2) is 29.4 Å². The first-order valence-electron chi connectivity index (χ1n) is 4.85. The third-order valence-corrected chi connectivity index (χ3v) is 3.02. The number of thioether (sulfide) groups is 1.